The molecular weight excluding hydrogens is 238 g/mol. The minimum absolute atomic E-state index is 0.107. The predicted octanol–water partition coefficient (Wildman–Crippen LogP) is 3.11. The smallest absolute Gasteiger partial charge is 0.123 e. The maximum atomic E-state index is 5.73. The fraction of sp³-hybridized carbons (Fsp3) is 0.385. The van der Waals surface area contributed by atoms with Crippen molar-refractivity contribution in [3.63, 3.8) is 0 Å². The Bertz CT molecular complexity index is 393. The summed E-state index contributed by atoms with van der Waals surface area (Å²) in [5.74, 6) is 1.63. The summed E-state index contributed by atoms with van der Waals surface area (Å²) in [5, 5.41) is 3.84. The molecule has 0 aliphatic carbocycles. The first-order valence-corrected chi connectivity index (χ1v) is 5.75. The van der Waals surface area contributed by atoms with Crippen LogP contribution < -0.4 is 14.8 Å². The van der Waals surface area contributed by atoms with Gasteiger partial charge in [0.2, 0.25) is 0 Å². The number of methoxy groups -OCH3 is 2. The van der Waals surface area contributed by atoms with Gasteiger partial charge in [0.25, 0.3) is 0 Å². The molecule has 1 atom stereocenters. The molecule has 17 heavy (non-hydrogen) atoms. The lowest BCUT2D eigenvalue weighted by molar-refractivity contribution is 0.393. The highest BCUT2D eigenvalue weighted by atomic mass is 35.5. The lowest BCUT2D eigenvalue weighted by Gasteiger charge is -2.17. The Morgan fingerprint density at radius 1 is 1.41 bits per heavy atom. The molecule has 0 fully saturated rings. The lowest BCUT2D eigenvalue weighted by atomic mass is 10.1. The number of halogens is 1. The monoisotopic (exact) mass is 255 g/mol. The molecule has 0 radical (unpaired) electrons. The maximum absolute atomic E-state index is 5.73. The van der Waals surface area contributed by atoms with E-state index in [-0.39, 0.29) is 6.04 Å². The van der Waals surface area contributed by atoms with E-state index in [0.717, 1.165) is 17.1 Å². The fourth-order valence-electron chi connectivity index (χ4n) is 1.55. The van der Waals surface area contributed by atoms with E-state index >= 15 is 0 Å². The second-order valence-electron chi connectivity index (χ2n) is 3.73. The van der Waals surface area contributed by atoms with Crippen LogP contribution in [0.3, 0.4) is 0 Å². The molecule has 0 spiro atoms. The first kappa shape index (κ1) is 13.9. The summed E-state index contributed by atoms with van der Waals surface area (Å²) in [6, 6.07) is 5.82. The second kappa shape index (κ2) is 6.52. The first-order chi connectivity index (χ1) is 8.08. The van der Waals surface area contributed by atoms with Crippen LogP contribution in [0.5, 0.6) is 11.5 Å². The summed E-state index contributed by atoms with van der Waals surface area (Å²) >= 11 is 5.73. The van der Waals surface area contributed by atoms with E-state index in [9.17, 15) is 0 Å². The molecule has 0 amide bonds. The molecule has 1 aromatic rings. The van der Waals surface area contributed by atoms with Gasteiger partial charge in [0.1, 0.15) is 11.5 Å². The molecule has 0 aromatic heterocycles. The van der Waals surface area contributed by atoms with Gasteiger partial charge in [-0.1, -0.05) is 18.2 Å². The van der Waals surface area contributed by atoms with Crippen LogP contribution in [0.15, 0.2) is 29.8 Å². The second-order valence-corrected chi connectivity index (χ2v) is 4.26. The Hall–Kier alpha value is -1.19. The highest BCUT2D eigenvalue weighted by Gasteiger charge is 2.12. The van der Waals surface area contributed by atoms with Gasteiger partial charge in [-0.3, -0.25) is 0 Å². The van der Waals surface area contributed by atoms with Gasteiger partial charge in [-0.2, -0.15) is 0 Å². The van der Waals surface area contributed by atoms with Gasteiger partial charge < -0.3 is 14.8 Å². The van der Waals surface area contributed by atoms with Crippen LogP contribution in [0.4, 0.5) is 0 Å². The van der Waals surface area contributed by atoms with Crippen molar-refractivity contribution in [1.29, 1.82) is 0 Å². The van der Waals surface area contributed by atoms with Crippen molar-refractivity contribution in [1.82, 2.24) is 5.32 Å². The topological polar surface area (TPSA) is 30.5 Å². The average molecular weight is 256 g/mol. The van der Waals surface area contributed by atoms with Gasteiger partial charge >= 0.3 is 0 Å². The molecule has 3 nitrogen and oxygen atoms in total. The van der Waals surface area contributed by atoms with Crippen LogP contribution in [0.25, 0.3) is 0 Å². The van der Waals surface area contributed by atoms with Crippen LogP contribution in [-0.2, 0) is 0 Å². The Balaban J connectivity index is 2.88. The van der Waals surface area contributed by atoms with Crippen molar-refractivity contribution in [2.45, 2.75) is 13.0 Å². The molecule has 1 aromatic carbocycles. The third-order valence-electron chi connectivity index (χ3n) is 2.50. The Kier molecular flexibility index (Phi) is 5.32. The summed E-state index contributed by atoms with van der Waals surface area (Å²) in [4.78, 5) is 0. The van der Waals surface area contributed by atoms with Crippen LogP contribution in [-0.4, -0.2) is 20.8 Å². The van der Waals surface area contributed by atoms with Crippen LogP contribution in [0.2, 0.25) is 0 Å². The molecule has 1 N–H and O–H groups in total. The van der Waals surface area contributed by atoms with E-state index in [4.69, 9.17) is 21.1 Å². The van der Waals surface area contributed by atoms with E-state index in [1.807, 2.05) is 25.1 Å². The highest BCUT2D eigenvalue weighted by Crippen LogP contribution is 2.29. The number of hydrogen-bond acceptors (Lipinski definition) is 3. The largest absolute Gasteiger partial charge is 0.497 e. The number of nitrogens with one attached hydrogen (secondary N) is 1. The Morgan fingerprint density at radius 2 is 2.12 bits per heavy atom. The Morgan fingerprint density at radius 3 is 2.65 bits per heavy atom. The van der Waals surface area contributed by atoms with Gasteiger partial charge in [0, 0.05) is 23.2 Å². The molecule has 1 unspecified atom stereocenters. The third-order valence-corrected chi connectivity index (χ3v) is 2.64. The zero-order chi connectivity index (χ0) is 12.8. The lowest BCUT2D eigenvalue weighted by Crippen LogP contribution is -2.20. The zero-order valence-corrected chi connectivity index (χ0v) is 11.2. The average Bonchev–Trinajstić information content (AvgIpc) is 2.34. The van der Waals surface area contributed by atoms with Gasteiger partial charge in [-0.05, 0) is 25.1 Å². The number of rotatable bonds is 6. The number of ether oxygens (including phenoxy) is 2. The quantitative estimate of drug-likeness (QED) is 0.847. The maximum Gasteiger partial charge on any atom is 0.123 e. The standard InChI is InChI=1S/C13H18ClNO2/c1-9(14)8-15-10(2)12-7-11(16-3)5-6-13(12)17-4/h5-7,10,15H,1,8H2,2-4H3. The number of hydrogen-bond donors (Lipinski definition) is 1. The highest BCUT2D eigenvalue weighted by molar-refractivity contribution is 6.29. The van der Waals surface area contributed by atoms with E-state index in [1.165, 1.54) is 0 Å². The van der Waals surface area contributed by atoms with Crippen molar-refractivity contribution >= 4 is 11.6 Å². The van der Waals surface area contributed by atoms with Crippen molar-refractivity contribution in [2.24, 2.45) is 0 Å². The predicted molar refractivity (Wildman–Crippen MR) is 71.0 cm³/mol. The van der Waals surface area contributed by atoms with E-state index in [1.54, 1.807) is 14.2 Å². The molecule has 0 aliphatic rings. The van der Waals surface area contributed by atoms with Gasteiger partial charge in [-0.15, -0.1) is 0 Å². The van der Waals surface area contributed by atoms with Gasteiger partial charge in [-0.25, -0.2) is 0 Å². The molecule has 94 valence electrons. The molecule has 0 heterocycles. The summed E-state index contributed by atoms with van der Waals surface area (Å²) in [6.07, 6.45) is 0. The normalized spacial score (nSPS) is 12.0. The summed E-state index contributed by atoms with van der Waals surface area (Å²) in [6.45, 7) is 6.24. The third kappa shape index (κ3) is 3.95. The summed E-state index contributed by atoms with van der Waals surface area (Å²) < 4.78 is 10.5. The van der Waals surface area contributed by atoms with Crippen LogP contribution in [0.1, 0.15) is 18.5 Å². The Labute approximate surface area is 107 Å². The minimum Gasteiger partial charge on any atom is -0.497 e. The molecule has 0 bridgehead atoms. The molecule has 0 saturated carbocycles. The SMILES string of the molecule is C=C(Cl)CNC(C)c1cc(OC)ccc1OC. The molecule has 1 rings (SSSR count). The van der Waals surface area contributed by atoms with Crippen molar-refractivity contribution in [3.05, 3.63) is 35.4 Å². The minimum atomic E-state index is 0.107. The molecule has 0 saturated heterocycles. The van der Waals surface area contributed by atoms with Crippen molar-refractivity contribution < 1.29 is 9.47 Å². The summed E-state index contributed by atoms with van der Waals surface area (Å²) in [5.41, 5.74) is 1.03. The van der Waals surface area contributed by atoms with E-state index in [0.29, 0.717) is 11.6 Å². The molecule has 0 aliphatic heterocycles. The molecular formula is C13H18ClNO2. The van der Waals surface area contributed by atoms with Crippen LogP contribution in [0, 0.1) is 0 Å². The zero-order valence-electron chi connectivity index (χ0n) is 10.4. The van der Waals surface area contributed by atoms with E-state index < -0.39 is 0 Å². The molecule has 4 heteroatoms. The van der Waals surface area contributed by atoms with E-state index in [2.05, 4.69) is 11.9 Å². The van der Waals surface area contributed by atoms with Crippen molar-refractivity contribution in [2.75, 3.05) is 20.8 Å². The fourth-order valence-corrected chi connectivity index (χ4v) is 1.63. The van der Waals surface area contributed by atoms with Gasteiger partial charge in [0.15, 0.2) is 0 Å². The summed E-state index contributed by atoms with van der Waals surface area (Å²) in [7, 11) is 3.29. The van der Waals surface area contributed by atoms with Crippen LogP contribution >= 0.6 is 11.6 Å². The van der Waals surface area contributed by atoms with Crippen molar-refractivity contribution in [3.8, 4) is 11.5 Å². The number of benzene rings is 1. The van der Waals surface area contributed by atoms with Gasteiger partial charge in [0.05, 0.1) is 14.2 Å². The first-order valence-electron chi connectivity index (χ1n) is 5.37.